The molecule has 2 rings (SSSR count). The Morgan fingerprint density at radius 2 is 1.77 bits per heavy atom. The quantitative estimate of drug-likeness (QED) is 0.653. The number of anilines is 1. The van der Waals surface area contributed by atoms with Crippen LogP contribution in [0.5, 0.6) is 5.75 Å². The first-order valence-electron chi connectivity index (χ1n) is 6.84. The number of amides is 1. The zero-order valence-corrected chi connectivity index (χ0v) is 13.9. The van der Waals surface area contributed by atoms with Crippen molar-refractivity contribution >= 4 is 33.5 Å². The Bertz CT molecular complexity index is 681. The molecule has 0 atom stereocenters. The van der Waals surface area contributed by atoms with E-state index < -0.39 is 5.97 Å². The van der Waals surface area contributed by atoms with Gasteiger partial charge in [-0.05, 0) is 42.5 Å². The van der Waals surface area contributed by atoms with Crippen molar-refractivity contribution in [3.63, 3.8) is 0 Å². The number of benzene rings is 2. The van der Waals surface area contributed by atoms with Gasteiger partial charge in [0.15, 0.2) is 0 Å². The van der Waals surface area contributed by atoms with Gasteiger partial charge in [0.05, 0.1) is 5.56 Å². The minimum absolute atomic E-state index is 0.0653. The molecule has 114 valence electrons. The second kappa shape index (κ2) is 7.22. The minimum Gasteiger partial charge on any atom is -0.423 e. The van der Waals surface area contributed by atoms with Crippen LogP contribution < -0.4 is 10.1 Å². The molecule has 0 aliphatic carbocycles. The summed E-state index contributed by atoms with van der Waals surface area (Å²) in [5.41, 5.74) is 1.07. The van der Waals surface area contributed by atoms with Crippen LogP contribution in [-0.4, -0.2) is 11.9 Å². The maximum absolute atomic E-state index is 12.0. The SMILES string of the molecule is CC(C)C(=O)Nc1ccc(C(=O)Oc2cccc(Br)c2)cc1. The summed E-state index contributed by atoms with van der Waals surface area (Å²) in [6, 6.07) is 13.7. The number of carbonyl (C=O) groups is 2. The lowest BCUT2D eigenvalue weighted by atomic mass is 10.1. The fraction of sp³-hybridized carbons (Fsp3) is 0.176. The van der Waals surface area contributed by atoms with Crippen molar-refractivity contribution in [1.82, 2.24) is 0 Å². The molecule has 0 heterocycles. The number of rotatable bonds is 4. The van der Waals surface area contributed by atoms with Crippen LogP contribution in [0.25, 0.3) is 0 Å². The number of halogens is 1. The highest BCUT2D eigenvalue weighted by molar-refractivity contribution is 9.10. The van der Waals surface area contributed by atoms with E-state index in [1.165, 1.54) is 0 Å². The van der Waals surface area contributed by atoms with E-state index in [4.69, 9.17) is 4.74 Å². The molecule has 0 unspecified atom stereocenters. The van der Waals surface area contributed by atoms with Crippen LogP contribution in [0.1, 0.15) is 24.2 Å². The van der Waals surface area contributed by atoms with Gasteiger partial charge in [0.1, 0.15) is 5.75 Å². The van der Waals surface area contributed by atoms with Gasteiger partial charge < -0.3 is 10.1 Å². The average Bonchev–Trinajstić information content (AvgIpc) is 2.47. The molecular weight excluding hydrogens is 346 g/mol. The van der Waals surface area contributed by atoms with E-state index in [1.807, 2.05) is 19.9 Å². The lowest BCUT2D eigenvalue weighted by Gasteiger charge is -2.08. The van der Waals surface area contributed by atoms with Crippen LogP contribution in [0.3, 0.4) is 0 Å². The number of ether oxygens (including phenoxy) is 1. The summed E-state index contributed by atoms with van der Waals surface area (Å²) >= 11 is 3.32. The van der Waals surface area contributed by atoms with E-state index in [1.54, 1.807) is 42.5 Å². The molecule has 1 N–H and O–H groups in total. The molecule has 22 heavy (non-hydrogen) atoms. The zero-order chi connectivity index (χ0) is 16.1. The number of carbonyl (C=O) groups excluding carboxylic acids is 2. The van der Waals surface area contributed by atoms with Crippen LogP contribution in [0.15, 0.2) is 53.0 Å². The van der Waals surface area contributed by atoms with Gasteiger partial charge in [-0.3, -0.25) is 4.79 Å². The Labute approximate surface area is 137 Å². The Morgan fingerprint density at radius 3 is 2.36 bits per heavy atom. The normalized spacial score (nSPS) is 10.4. The van der Waals surface area contributed by atoms with Gasteiger partial charge in [0, 0.05) is 16.1 Å². The fourth-order valence-corrected chi connectivity index (χ4v) is 2.05. The molecule has 0 aliphatic heterocycles. The summed E-state index contributed by atoms with van der Waals surface area (Å²) in [6.45, 7) is 3.64. The molecule has 0 bridgehead atoms. The second-order valence-electron chi connectivity index (χ2n) is 5.07. The first-order chi connectivity index (χ1) is 10.5. The standard InChI is InChI=1S/C17H16BrNO3/c1-11(2)16(20)19-14-8-6-12(7-9-14)17(21)22-15-5-3-4-13(18)10-15/h3-11H,1-2H3,(H,19,20). The lowest BCUT2D eigenvalue weighted by Crippen LogP contribution is -2.17. The molecule has 0 radical (unpaired) electrons. The highest BCUT2D eigenvalue weighted by Crippen LogP contribution is 2.19. The first kappa shape index (κ1) is 16.2. The van der Waals surface area contributed by atoms with Crippen LogP contribution in [0, 0.1) is 5.92 Å². The third kappa shape index (κ3) is 4.43. The molecule has 0 fully saturated rings. The highest BCUT2D eigenvalue weighted by atomic mass is 79.9. The van der Waals surface area contributed by atoms with E-state index in [-0.39, 0.29) is 11.8 Å². The van der Waals surface area contributed by atoms with Crippen molar-refractivity contribution in [3.05, 3.63) is 58.6 Å². The average molecular weight is 362 g/mol. The third-order valence-electron chi connectivity index (χ3n) is 2.92. The van der Waals surface area contributed by atoms with Crippen LogP contribution >= 0.6 is 15.9 Å². The number of nitrogens with one attached hydrogen (secondary N) is 1. The smallest absolute Gasteiger partial charge is 0.343 e. The summed E-state index contributed by atoms with van der Waals surface area (Å²) in [5.74, 6) is -0.137. The van der Waals surface area contributed by atoms with Crippen LogP contribution in [0.2, 0.25) is 0 Å². The van der Waals surface area contributed by atoms with Crippen LogP contribution in [-0.2, 0) is 4.79 Å². The number of hydrogen-bond acceptors (Lipinski definition) is 3. The Hall–Kier alpha value is -2.14. The van der Waals surface area contributed by atoms with Gasteiger partial charge in [0.2, 0.25) is 5.91 Å². The van der Waals surface area contributed by atoms with E-state index in [9.17, 15) is 9.59 Å². The van der Waals surface area contributed by atoms with Crippen LogP contribution in [0.4, 0.5) is 5.69 Å². The fourth-order valence-electron chi connectivity index (χ4n) is 1.67. The van der Waals surface area contributed by atoms with Crippen molar-refractivity contribution in [2.75, 3.05) is 5.32 Å². The maximum Gasteiger partial charge on any atom is 0.343 e. The second-order valence-corrected chi connectivity index (χ2v) is 5.98. The predicted molar refractivity (Wildman–Crippen MR) is 89.0 cm³/mol. The lowest BCUT2D eigenvalue weighted by molar-refractivity contribution is -0.118. The topological polar surface area (TPSA) is 55.4 Å². The van der Waals surface area contributed by atoms with Gasteiger partial charge in [0.25, 0.3) is 0 Å². The molecule has 5 heteroatoms. The van der Waals surface area contributed by atoms with E-state index >= 15 is 0 Å². The molecule has 0 spiro atoms. The summed E-state index contributed by atoms with van der Waals surface area (Å²) in [7, 11) is 0. The summed E-state index contributed by atoms with van der Waals surface area (Å²) in [4.78, 5) is 23.6. The van der Waals surface area contributed by atoms with Crippen molar-refractivity contribution < 1.29 is 14.3 Å². The van der Waals surface area contributed by atoms with Gasteiger partial charge in [-0.15, -0.1) is 0 Å². The molecule has 2 aromatic rings. The van der Waals surface area contributed by atoms with Crippen molar-refractivity contribution in [3.8, 4) is 5.75 Å². The Morgan fingerprint density at radius 1 is 1.09 bits per heavy atom. The first-order valence-corrected chi connectivity index (χ1v) is 7.63. The monoisotopic (exact) mass is 361 g/mol. The predicted octanol–water partition coefficient (Wildman–Crippen LogP) is 4.26. The van der Waals surface area contributed by atoms with E-state index in [0.717, 1.165) is 4.47 Å². The van der Waals surface area contributed by atoms with E-state index in [2.05, 4.69) is 21.2 Å². The number of esters is 1. The van der Waals surface area contributed by atoms with Gasteiger partial charge in [-0.25, -0.2) is 4.79 Å². The molecule has 4 nitrogen and oxygen atoms in total. The molecule has 0 saturated carbocycles. The number of hydrogen-bond donors (Lipinski definition) is 1. The molecule has 2 aromatic carbocycles. The van der Waals surface area contributed by atoms with E-state index in [0.29, 0.717) is 17.0 Å². The van der Waals surface area contributed by atoms with Crippen molar-refractivity contribution in [1.29, 1.82) is 0 Å². The van der Waals surface area contributed by atoms with Gasteiger partial charge in [-0.2, -0.15) is 0 Å². The largest absolute Gasteiger partial charge is 0.423 e. The summed E-state index contributed by atoms with van der Waals surface area (Å²) in [6.07, 6.45) is 0. The Balaban J connectivity index is 2.03. The molecule has 0 aliphatic rings. The molecule has 0 saturated heterocycles. The molecule has 0 aromatic heterocycles. The zero-order valence-electron chi connectivity index (χ0n) is 12.3. The Kier molecular flexibility index (Phi) is 5.33. The van der Waals surface area contributed by atoms with Crippen molar-refractivity contribution in [2.24, 2.45) is 5.92 Å². The third-order valence-corrected chi connectivity index (χ3v) is 3.41. The van der Waals surface area contributed by atoms with Crippen molar-refractivity contribution in [2.45, 2.75) is 13.8 Å². The van der Waals surface area contributed by atoms with Gasteiger partial charge in [-0.1, -0.05) is 35.8 Å². The maximum atomic E-state index is 12.0. The summed E-state index contributed by atoms with van der Waals surface area (Å²) in [5, 5.41) is 2.77. The minimum atomic E-state index is -0.445. The summed E-state index contributed by atoms with van der Waals surface area (Å²) < 4.78 is 6.12. The molecule has 1 amide bonds. The van der Waals surface area contributed by atoms with Gasteiger partial charge >= 0.3 is 5.97 Å². The highest BCUT2D eigenvalue weighted by Gasteiger charge is 2.10. The molecular formula is C17H16BrNO3.